The normalized spacial score (nSPS) is 11.5. The summed E-state index contributed by atoms with van der Waals surface area (Å²) in [6, 6.07) is -1.13. The van der Waals surface area contributed by atoms with Crippen LogP contribution in [-0.2, 0) is 71.5 Å². The summed E-state index contributed by atoms with van der Waals surface area (Å²) in [7, 11) is 0. The average Bonchev–Trinajstić information content (AvgIpc) is 3.35. The van der Waals surface area contributed by atoms with Crippen molar-refractivity contribution in [1.29, 1.82) is 0 Å². The van der Waals surface area contributed by atoms with Gasteiger partial charge in [0.1, 0.15) is 32.5 Å². The Kier molecular flexibility index (Phi) is 49.8. The van der Waals surface area contributed by atoms with Gasteiger partial charge >= 0.3 is 5.97 Å². The van der Waals surface area contributed by atoms with Gasteiger partial charge in [0, 0.05) is 39.0 Å². The lowest BCUT2D eigenvalue weighted by molar-refractivity contribution is -0.142. The number of allylic oxidation sites excluding steroid dienone is 1. The van der Waals surface area contributed by atoms with Crippen LogP contribution in [0.5, 0.6) is 0 Å². The molecule has 6 N–H and O–H groups in total. The van der Waals surface area contributed by atoms with Crippen molar-refractivity contribution in [3.63, 3.8) is 0 Å². The molecule has 0 aliphatic carbocycles. The molecule has 0 aliphatic heterocycles. The van der Waals surface area contributed by atoms with Gasteiger partial charge in [-0.2, -0.15) is 0 Å². The highest BCUT2D eigenvalue weighted by atomic mass is 16.5. The Balaban J connectivity index is 3.58. The van der Waals surface area contributed by atoms with Crippen LogP contribution in [0.15, 0.2) is 12.2 Å². The molecule has 73 heavy (non-hydrogen) atoms. The van der Waals surface area contributed by atoms with Crippen LogP contribution in [0.4, 0.5) is 0 Å². The van der Waals surface area contributed by atoms with E-state index in [-0.39, 0.29) is 160 Å². The van der Waals surface area contributed by atoms with Crippen molar-refractivity contribution in [3.8, 4) is 0 Å². The fourth-order valence-electron chi connectivity index (χ4n) is 6.87. The van der Waals surface area contributed by atoms with E-state index in [0.29, 0.717) is 32.8 Å². The second-order valence-corrected chi connectivity index (χ2v) is 17.9. The molecule has 21 nitrogen and oxygen atoms in total. The highest BCUT2D eigenvalue weighted by Crippen LogP contribution is 2.15. The average molecular weight is 1050 g/mol. The van der Waals surface area contributed by atoms with Crippen molar-refractivity contribution >= 4 is 41.3 Å². The third-order valence-electron chi connectivity index (χ3n) is 10.8. The molecular weight excluding hydrogens is 951 g/mol. The molecule has 1 unspecified atom stereocenters. The number of ether oxygens (including phenoxy) is 8. The van der Waals surface area contributed by atoms with Gasteiger partial charge in [-0.3, -0.25) is 28.8 Å². The van der Waals surface area contributed by atoms with E-state index < -0.39 is 12.0 Å². The van der Waals surface area contributed by atoms with E-state index in [9.17, 15) is 38.7 Å². The van der Waals surface area contributed by atoms with E-state index in [1.165, 1.54) is 96.0 Å². The molecule has 0 rings (SSSR count). The minimum absolute atomic E-state index is 0.0193. The van der Waals surface area contributed by atoms with Crippen LogP contribution in [0.2, 0.25) is 0 Å². The summed E-state index contributed by atoms with van der Waals surface area (Å²) in [5, 5.41) is 22.7. The van der Waals surface area contributed by atoms with Crippen molar-refractivity contribution in [2.75, 3.05) is 132 Å². The van der Waals surface area contributed by atoms with Crippen LogP contribution in [0.3, 0.4) is 0 Å². The second-order valence-electron chi connectivity index (χ2n) is 17.9. The van der Waals surface area contributed by atoms with Gasteiger partial charge in [-0.15, -0.1) is 6.58 Å². The van der Waals surface area contributed by atoms with Crippen molar-refractivity contribution in [2.24, 2.45) is 0 Å². The second kappa shape index (κ2) is 52.8. The first kappa shape index (κ1) is 68.9. The van der Waals surface area contributed by atoms with Crippen LogP contribution < -0.4 is 26.6 Å². The van der Waals surface area contributed by atoms with Gasteiger partial charge in [0.15, 0.2) is 5.78 Å². The molecule has 0 fully saturated rings. The first-order valence-electron chi connectivity index (χ1n) is 26.7. The maximum atomic E-state index is 12.4. The standard InChI is InChI=1S/C52H95N5O16/c1-44(2)20-18-16-14-12-10-8-6-4-5-7-9-11-13-15-17-19-21-48(60)57-46(52(64)65)22-23-47(59)53-24-28-66-33-37-71-41-50(62)55-26-30-68-35-39-73-43-51(63)56-27-31-69-34-38-72-42-49(61)54-25-29-67-32-36-70-40-45(3)58/h46H,1,4-43H2,2-3H3,(H,53,59)(H,54,61)(H,55,62)(H,56,63)(H,57,60)(H,64,65). The van der Waals surface area contributed by atoms with Crippen LogP contribution in [0.1, 0.15) is 142 Å². The van der Waals surface area contributed by atoms with Crippen LogP contribution >= 0.6 is 0 Å². The molecule has 0 saturated carbocycles. The molecule has 0 spiro atoms. The molecule has 0 heterocycles. The number of nitrogens with one attached hydrogen (secondary N) is 5. The smallest absolute Gasteiger partial charge is 0.326 e. The number of hydrogen-bond donors (Lipinski definition) is 6. The zero-order chi connectivity index (χ0) is 53.7. The lowest BCUT2D eigenvalue weighted by Crippen LogP contribution is -2.41. The van der Waals surface area contributed by atoms with Crippen molar-refractivity contribution in [2.45, 2.75) is 148 Å². The van der Waals surface area contributed by atoms with Crippen LogP contribution in [0, 0.1) is 0 Å². The van der Waals surface area contributed by atoms with Crippen molar-refractivity contribution in [1.82, 2.24) is 26.6 Å². The quantitative estimate of drug-likeness (QED) is 0.0369. The molecule has 424 valence electrons. The largest absolute Gasteiger partial charge is 0.480 e. The number of Topliss-reactive ketones (excluding diaryl/α,β-unsaturated/α-hetero) is 1. The predicted octanol–water partition coefficient (Wildman–Crippen LogP) is 4.12. The SMILES string of the molecule is C=C(C)CCCCCCCCCCCCCCCCCCC(=O)NC(CCC(=O)NCCOCCOCC(=O)NCCOCCOCC(=O)NCCOCCOCC(=O)NCCOCCOCC(C)=O)C(=O)O. The molecule has 5 amide bonds. The topological polar surface area (TPSA) is 274 Å². The highest BCUT2D eigenvalue weighted by molar-refractivity contribution is 5.84. The molecule has 21 heteroatoms. The number of unbranched alkanes of at least 4 members (excludes halogenated alkanes) is 15. The number of carbonyl (C=O) groups is 7. The summed E-state index contributed by atoms with van der Waals surface area (Å²) in [5.74, 6) is -2.82. The van der Waals surface area contributed by atoms with Gasteiger partial charge in [0.05, 0.1) is 79.3 Å². The summed E-state index contributed by atoms with van der Waals surface area (Å²) in [4.78, 5) is 82.7. The number of hydrogen-bond acceptors (Lipinski definition) is 15. The molecule has 0 aromatic carbocycles. The van der Waals surface area contributed by atoms with Gasteiger partial charge < -0.3 is 69.6 Å². The third kappa shape index (κ3) is 54.0. The van der Waals surface area contributed by atoms with Gasteiger partial charge in [0.2, 0.25) is 29.5 Å². The van der Waals surface area contributed by atoms with E-state index in [4.69, 9.17) is 37.9 Å². The Morgan fingerprint density at radius 2 is 0.671 bits per heavy atom. The predicted molar refractivity (Wildman–Crippen MR) is 276 cm³/mol. The lowest BCUT2D eigenvalue weighted by atomic mass is 10.0. The zero-order valence-corrected chi connectivity index (χ0v) is 44.6. The van der Waals surface area contributed by atoms with E-state index >= 15 is 0 Å². The lowest BCUT2D eigenvalue weighted by Gasteiger charge is -2.14. The van der Waals surface area contributed by atoms with Gasteiger partial charge in [0.25, 0.3) is 0 Å². The van der Waals surface area contributed by atoms with Crippen molar-refractivity contribution < 1.29 is 76.6 Å². The number of aliphatic carboxylic acids is 1. The number of carboxylic acid groups (broad SMARTS) is 1. The molecule has 0 bridgehead atoms. The van der Waals surface area contributed by atoms with E-state index in [1.807, 2.05) is 0 Å². The summed E-state index contributed by atoms with van der Waals surface area (Å²) in [5.41, 5.74) is 1.29. The number of carbonyl (C=O) groups excluding carboxylic acids is 6. The summed E-state index contributed by atoms with van der Waals surface area (Å²) < 4.78 is 42.3. The molecule has 0 aliphatic rings. The van der Waals surface area contributed by atoms with Crippen LogP contribution in [0.25, 0.3) is 0 Å². The van der Waals surface area contributed by atoms with Crippen LogP contribution in [-0.4, -0.2) is 184 Å². The Hall–Kier alpha value is -4.09. The Morgan fingerprint density at radius 3 is 1.00 bits per heavy atom. The zero-order valence-electron chi connectivity index (χ0n) is 44.6. The van der Waals surface area contributed by atoms with E-state index in [1.54, 1.807) is 0 Å². The third-order valence-corrected chi connectivity index (χ3v) is 10.8. The maximum Gasteiger partial charge on any atom is 0.326 e. The monoisotopic (exact) mass is 1050 g/mol. The summed E-state index contributed by atoms with van der Waals surface area (Å²) >= 11 is 0. The molecule has 0 aromatic heterocycles. The molecule has 0 radical (unpaired) electrons. The fraction of sp³-hybridized carbons (Fsp3) is 0.827. The number of carboxylic acids is 1. The number of amides is 5. The fourth-order valence-corrected chi connectivity index (χ4v) is 6.87. The van der Waals surface area contributed by atoms with Gasteiger partial charge in [-0.25, -0.2) is 4.79 Å². The highest BCUT2D eigenvalue weighted by Gasteiger charge is 2.21. The summed E-state index contributed by atoms with van der Waals surface area (Å²) in [6.45, 7) is 11.1. The summed E-state index contributed by atoms with van der Waals surface area (Å²) in [6.07, 6.45) is 21.0. The minimum Gasteiger partial charge on any atom is -0.480 e. The van der Waals surface area contributed by atoms with E-state index in [0.717, 1.165) is 19.3 Å². The van der Waals surface area contributed by atoms with Crippen molar-refractivity contribution in [3.05, 3.63) is 12.2 Å². The first-order valence-corrected chi connectivity index (χ1v) is 26.7. The molecule has 0 aromatic rings. The molecule has 1 atom stereocenters. The number of rotatable bonds is 56. The van der Waals surface area contributed by atoms with E-state index in [2.05, 4.69) is 40.1 Å². The first-order chi connectivity index (χ1) is 35.4. The van der Waals surface area contributed by atoms with Gasteiger partial charge in [-0.1, -0.05) is 95.5 Å². The minimum atomic E-state index is -1.17. The molecular formula is C52H95N5O16. The Morgan fingerprint density at radius 1 is 0.370 bits per heavy atom. The Bertz CT molecular complexity index is 1440. The number of ketones is 1. The Labute approximate surface area is 435 Å². The maximum absolute atomic E-state index is 12.4. The molecule has 0 saturated heterocycles. The van der Waals surface area contributed by atoms with Gasteiger partial charge in [-0.05, 0) is 39.5 Å².